The van der Waals surface area contributed by atoms with Crippen molar-refractivity contribution in [3.8, 4) is 0 Å². The third kappa shape index (κ3) is 4.78. The molecule has 7 heteroatoms. The molecule has 0 rings (SSSR count). The lowest BCUT2D eigenvalue weighted by atomic mass is 10.2. The molecule has 2 N–H and O–H groups in total. The number of carbonyl (C=O) groups is 1. The summed E-state index contributed by atoms with van der Waals surface area (Å²) in [6.07, 6.45) is 0. The van der Waals surface area contributed by atoms with E-state index in [1.165, 1.54) is 0 Å². The lowest BCUT2D eigenvalue weighted by Crippen LogP contribution is -2.40. The Morgan fingerprint density at radius 1 is 1.50 bits per heavy atom. The van der Waals surface area contributed by atoms with E-state index in [1.54, 1.807) is 0 Å². The van der Waals surface area contributed by atoms with Crippen molar-refractivity contribution in [3.63, 3.8) is 0 Å². The first-order chi connectivity index (χ1) is 6.29. The summed E-state index contributed by atoms with van der Waals surface area (Å²) in [5.74, 6) is -0.563. The highest BCUT2D eigenvalue weighted by atomic mass is 35.5. The molecule has 0 aliphatic rings. The average molecular weight is 243 g/mol. The van der Waals surface area contributed by atoms with Gasteiger partial charge in [0.1, 0.15) is 5.21 Å². The standard InChI is InChI=1S/C7H15ClN2O3S/c1-6(2)3-10(4-7(9)11)14(12,13)5-8/h6H,3-5H2,1-2H3,(H2,9,11). The van der Waals surface area contributed by atoms with E-state index in [9.17, 15) is 13.2 Å². The highest BCUT2D eigenvalue weighted by molar-refractivity contribution is 7.90. The first-order valence-electron chi connectivity index (χ1n) is 4.11. The van der Waals surface area contributed by atoms with Crippen LogP contribution in [-0.4, -0.2) is 36.9 Å². The van der Waals surface area contributed by atoms with Crippen LogP contribution in [0.25, 0.3) is 0 Å². The summed E-state index contributed by atoms with van der Waals surface area (Å²) >= 11 is 5.27. The van der Waals surface area contributed by atoms with Crippen molar-refractivity contribution in [2.45, 2.75) is 13.8 Å². The van der Waals surface area contributed by atoms with Crippen molar-refractivity contribution in [2.75, 3.05) is 18.3 Å². The number of sulfonamides is 1. The molecule has 0 aromatic rings. The van der Waals surface area contributed by atoms with Gasteiger partial charge in [-0.3, -0.25) is 4.79 Å². The summed E-state index contributed by atoms with van der Waals surface area (Å²) < 4.78 is 23.7. The van der Waals surface area contributed by atoms with Gasteiger partial charge in [0.2, 0.25) is 15.9 Å². The van der Waals surface area contributed by atoms with E-state index in [2.05, 4.69) is 0 Å². The minimum absolute atomic E-state index is 0.118. The van der Waals surface area contributed by atoms with Gasteiger partial charge in [-0.1, -0.05) is 13.8 Å². The van der Waals surface area contributed by atoms with Crippen LogP contribution in [0.1, 0.15) is 13.8 Å². The molecule has 14 heavy (non-hydrogen) atoms. The van der Waals surface area contributed by atoms with Crippen molar-refractivity contribution in [1.82, 2.24) is 4.31 Å². The molecule has 0 aromatic carbocycles. The predicted octanol–water partition coefficient (Wildman–Crippen LogP) is -0.0442. The molecule has 84 valence electrons. The summed E-state index contributed by atoms with van der Waals surface area (Å²) in [5.41, 5.74) is 4.93. The molecule has 5 nitrogen and oxygen atoms in total. The van der Waals surface area contributed by atoms with Crippen LogP contribution in [0.15, 0.2) is 0 Å². The largest absolute Gasteiger partial charge is 0.369 e. The number of hydrogen-bond acceptors (Lipinski definition) is 3. The number of nitrogens with zero attached hydrogens (tertiary/aromatic N) is 1. The van der Waals surface area contributed by atoms with Gasteiger partial charge >= 0.3 is 0 Å². The number of nitrogens with two attached hydrogens (primary N) is 1. The lowest BCUT2D eigenvalue weighted by molar-refractivity contribution is -0.118. The molecule has 0 unspecified atom stereocenters. The molecular formula is C7H15ClN2O3S. The number of halogens is 1. The Hall–Kier alpha value is -0.330. The van der Waals surface area contributed by atoms with Gasteiger partial charge in [0.15, 0.2) is 0 Å². The second kappa shape index (κ2) is 5.53. The molecular weight excluding hydrogens is 228 g/mol. The van der Waals surface area contributed by atoms with E-state index >= 15 is 0 Å². The van der Waals surface area contributed by atoms with E-state index in [4.69, 9.17) is 17.3 Å². The van der Waals surface area contributed by atoms with Gasteiger partial charge in [-0.25, -0.2) is 8.42 Å². The number of carbonyl (C=O) groups excluding carboxylic acids is 1. The summed E-state index contributed by atoms with van der Waals surface area (Å²) in [4.78, 5) is 10.6. The zero-order chi connectivity index (χ0) is 11.4. The Morgan fingerprint density at radius 3 is 2.29 bits per heavy atom. The molecule has 0 aliphatic carbocycles. The molecule has 0 aromatic heterocycles. The van der Waals surface area contributed by atoms with Crippen LogP contribution in [-0.2, 0) is 14.8 Å². The van der Waals surface area contributed by atoms with Crippen molar-refractivity contribution in [3.05, 3.63) is 0 Å². The Labute approximate surface area is 89.3 Å². The fourth-order valence-electron chi connectivity index (χ4n) is 0.927. The zero-order valence-corrected chi connectivity index (χ0v) is 9.81. The van der Waals surface area contributed by atoms with E-state index in [1.807, 2.05) is 13.8 Å². The zero-order valence-electron chi connectivity index (χ0n) is 8.23. The first-order valence-corrected chi connectivity index (χ1v) is 6.26. The van der Waals surface area contributed by atoms with Crippen molar-refractivity contribution < 1.29 is 13.2 Å². The van der Waals surface area contributed by atoms with Gasteiger partial charge in [-0.15, -0.1) is 11.6 Å². The molecule has 0 aliphatic heterocycles. The second-order valence-corrected chi connectivity index (χ2v) is 5.93. The number of primary amides is 1. The maximum atomic E-state index is 11.4. The molecule has 0 atom stereocenters. The monoisotopic (exact) mass is 242 g/mol. The summed E-state index contributed by atoms with van der Waals surface area (Å²) in [5, 5.41) is -0.535. The highest BCUT2D eigenvalue weighted by Gasteiger charge is 2.23. The van der Waals surface area contributed by atoms with Gasteiger partial charge in [0.05, 0.1) is 6.54 Å². The molecule has 0 saturated carbocycles. The van der Waals surface area contributed by atoms with Crippen molar-refractivity contribution >= 4 is 27.5 Å². The Bertz CT molecular complexity index is 289. The van der Waals surface area contributed by atoms with E-state index in [-0.39, 0.29) is 19.0 Å². The SMILES string of the molecule is CC(C)CN(CC(N)=O)S(=O)(=O)CCl. The number of alkyl halides is 1. The van der Waals surface area contributed by atoms with Gasteiger partial charge in [-0.2, -0.15) is 4.31 Å². The minimum atomic E-state index is -3.55. The maximum Gasteiger partial charge on any atom is 0.232 e. The number of amides is 1. The summed E-state index contributed by atoms with van der Waals surface area (Å²) in [6, 6.07) is 0. The summed E-state index contributed by atoms with van der Waals surface area (Å²) in [7, 11) is -3.55. The van der Waals surface area contributed by atoms with Gasteiger partial charge in [0.25, 0.3) is 0 Å². The fraction of sp³-hybridized carbons (Fsp3) is 0.857. The number of hydrogen-bond donors (Lipinski definition) is 1. The van der Waals surface area contributed by atoms with Gasteiger partial charge in [-0.05, 0) is 5.92 Å². The van der Waals surface area contributed by atoms with Crippen LogP contribution < -0.4 is 5.73 Å². The highest BCUT2D eigenvalue weighted by Crippen LogP contribution is 2.07. The fourth-order valence-corrected chi connectivity index (χ4v) is 2.33. The normalized spacial score (nSPS) is 12.4. The van der Waals surface area contributed by atoms with Crippen molar-refractivity contribution in [1.29, 1.82) is 0 Å². The van der Waals surface area contributed by atoms with E-state index in [0.717, 1.165) is 4.31 Å². The van der Waals surface area contributed by atoms with Gasteiger partial charge in [0, 0.05) is 6.54 Å². The van der Waals surface area contributed by atoms with Crippen molar-refractivity contribution in [2.24, 2.45) is 11.7 Å². The number of rotatable bonds is 6. The van der Waals surface area contributed by atoms with Gasteiger partial charge < -0.3 is 5.73 Å². The Morgan fingerprint density at radius 2 is 2.00 bits per heavy atom. The third-order valence-electron chi connectivity index (χ3n) is 1.43. The van der Waals surface area contributed by atoms with E-state index in [0.29, 0.717) is 0 Å². The topological polar surface area (TPSA) is 80.5 Å². The first kappa shape index (κ1) is 13.7. The van der Waals surface area contributed by atoms with Crippen LogP contribution in [0.5, 0.6) is 0 Å². The predicted molar refractivity (Wildman–Crippen MR) is 55.2 cm³/mol. The van der Waals surface area contributed by atoms with Crippen LogP contribution >= 0.6 is 11.6 Å². The molecule has 1 amide bonds. The second-order valence-electron chi connectivity index (χ2n) is 3.37. The Balaban J connectivity index is 4.64. The molecule has 0 heterocycles. The third-order valence-corrected chi connectivity index (χ3v) is 3.60. The Kier molecular flexibility index (Phi) is 5.40. The molecule has 0 bridgehead atoms. The van der Waals surface area contributed by atoms with Crippen LogP contribution in [0.4, 0.5) is 0 Å². The smallest absolute Gasteiger partial charge is 0.232 e. The average Bonchev–Trinajstić information content (AvgIpc) is 2.01. The lowest BCUT2D eigenvalue weighted by Gasteiger charge is -2.20. The molecule has 0 spiro atoms. The van der Waals surface area contributed by atoms with E-state index < -0.39 is 21.1 Å². The summed E-state index contributed by atoms with van der Waals surface area (Å²) in [6.45, 7) is 3.63. The minimum Gasteiger partial charge on any atom is -0.369 e. The molecule has 0 saturated heterocycles. The van der Waals surface area contributed by atoms with Crippen LogP contribution in [0, 0.1) is 5.92 Å². The molecule has 0 fully saturated rings. The molecule has 0 radical (unpaired) electrons. The van der Waals surface area contributed by atoms with Crippen LogP contribution in [0.2, 0.25) is 0 Å². The van der Waals surface area contributed by atoms with Crippen LogP contribution in [0.3, 0.4) is 0 Å². The quantitative estimate of drug-likeness (QED) is 0.664. The maximum absolute atomic E-state index is 11.4.